The fourth-order valence-corrected chi connectivity index (χ4v) is 5.05. The molecular weight excluding hydrogens is 434 g/mol. The standard InChI is InChI=1S/C24H19BrClNO/c1-3-14-9-10-17(18-11-15-7-5-6-8-16(15)22(14)18)19-12-21(26)20(13-27)23(25)24(19)28-4-2/h5-10,12H,3-4,11H2,1-2H3. The van der Waals surface area contributed by atoms with Crippen molar-refractivity contribution >= 4 is 27.5 Å². The van der Waals surface area contributed by atoms with Gasteiger partial charge in [0.2, 0.25) is 0 Å². The molecule has 4 heteroatoms. The van der Waals surface area contributed by atoms with Crippen molar-refractivity contribution in [1.29, 1.82) is 5.26 Å². The molecule has 0 N–H and O–H groups in total. The normalized spacial score (nSPS) is 11.7. The van der Waals surface area contributed by atoms with Gasteiger partial charge in [0.1, 0.15) is 11.8 Å². The number of aryl methyl sites for hydroxylation is 1. The topological polar surface area (TPSA) is 33.0 Å². The third-order valence-corrected chi connectivity index (χ3v) is 6.35. The number of rotatable bonds is 4. The van der Waals surface area contributed by atoms with Crippen LogP contribution < -0.4 is 4.74 Å². The second-order valence-electron chi connectivity index (χ2n) is 6.78. The van der Waals surface area contributed by atoms with E-state index >= 15 is 0 Å². The van der Waals surface area contributed by atoms with Crippen LogP contribution in [0, 0.1) is 11.3 Å². The first-order valence-corrected chi connectivity index (χ1v) is 10.6. The first-order chi connectivity index (χ1) is 13.6. The molecule has 0 radical (unpaired) electrons. The highest BCUT2D eigenvalue weighted by molar-refractivity contribution is 9.10. The Bertz CT molecular complexity index is 1130. The van der Waals surface area contributed by atoms with Crippen LogP contribution in [0.1, 0.15) is 36.1 Å². The van der Waals surface area contributed by atoms with E-state index in [0.29, 0.717) is 27.4 Å². The van der Waals surface area contributed by atoms with Crippen molar-refractivity contribution in [3.8, 4) is 34.1 Å². The molecule has 0 fully saturated rings. The molecule has 1 aliphatic carbocycles. The highest BCUT2D eigenvalue weighted by Gasteiger charge is 2.26. The van der Waals surface area contributed by atoms with Crippen LogP contribution in [-0.2, 0) is 12.8 Å². The molecule has 0 unspecified atom stereocenters. The highest BCUT2D eigenvalue weighted by atomic mass is 79.9. The average Bonchev–Trinajstić information content (AvgIpc) is 3.09. The van der Waals surface area contributed by atoms with Crippen molar-refractivity contribution in [2.45, 2.75) is 26.7 Å². The summed E-state index contributed by atoms with van der Waals surface area (Å²) in [5.74, 6) is 0.672. The summed E-state index contributed by atoms with van der Waals surface area (Å²) in [5.41, 5.74) is 9.07. The smallest absolute Gasteiger partial charge is 0.142 e. The van der Waals surface area contributed by atoms with Gasteiger partial charge in [-0.25, -0.2) is 0 Å². The molecule has 0 amide bonds. The number of nitriles is 1. The van der Waals surface area contributed by atoms with Crippen molar-refractivity contribution in [3.63, 3.8) is 0 Å². The molecule has 2 nitrogen and oxygen atoms in total. The quantitative estimate of drug-likeness (QED) is 0.329. The molecule has 4 rings (SSSR count). The second-order valence-corrected chi connectivity index (χ2v) is 7.98. The zero-order valence-corrected chi connectivity index (χ0v) is 18.1. The maximum absolute atomic E-state index is 9.47. The molecule has 0 atom stereocenters. The van der Waals surface area contributed by atoms with Gasteiger partial charge in [-0.2, -0.15) is 5.26 Å². The predicted octanol–water partition coefficient (Wildman–Crippen LogP) is 7.17. The third-order valence-electron chi connectivity index (χ3n) is 5.30. The molecule has 3 aromatic rings. The Balaban J connectivity index is 2.02. The second kappa shape index (κ2) is 7.62. The summed E-state index contributed by atoms with van der Waals surface area (Å²) in [7, 11) is 0. The van der Waals surface area contributed by atoms with Gasteiger partial charge in [0, 0.05) is 5.56 Å². The Morgan fingerprint density at radius 2 is 1.89 bits per heavy atom. The van der Waals surface area contributed by atoms with Crippen LogP contribution >= 0.6 is 27.5 Å². The number of halogens is 2. The summed E-state index contributed by atoms with van der Waals surface area (Å²) in [6.45, 7) is 4.64. The first-order valence-electron chi connectivity index (χ1n) is 9.38. The van der Waals surface area contributed by atoms with Crippen LogP contribution in [0.15, 0.2) is 46.9 Å². The number of benzene rings is 3. The van der Waals surface area contributed by atoms with Crippen molar-refractivity contribution in [2.24, 2.45) is 0 Å². The number of hydrogen-bond acceptors (Lipinski definition) is 2. The maximum Gasteiger partial charge on any atom is 0.142 e. The van der Waals surface area contributed by atoms with E-state index < -0.39 is 0 Å². The van der Waals surface area contributed by atoms with Gasteiger partial charge >= 0.3 is 0 Å². The Labute approximate surface area is 178 Å². The van der Waals surface area contributed by atoms with Crippen LogP contribution in [0.25, 0.3) is 22.3 Å². The molecule has 0 bridgehead atoms. The Morgan fingerprint density at radius 3 is 2.61 bits per heavy atom. The van der Waals surface area contributed by atoms with Gasteiger partial charge in [0.05, 0.1) is 21.7 Å². The lowest BCUT2D eigenvalue weighted by Crippen LogP contribution is -2.00. The molecule has 0 heterocycles. The van der Waals surface area contributed by atoms with E-state index in [1.165, 1.54) is 27.8 Å². The van der Waals surface area contributed by atoms with E-state index in [9.17, 15) is 5.26 Å². The Kier molecular flexibility index (Phi) is 5.19. The Morgan fingerprint density at radius 1 is 1.11 bits per heavy atom. The molecule has 3 aromatic carbocycles. The van der Waals surface area contributed by atoms with Crippen molar-refractivity contribution < 1.29 is 4.74 Å². The SMILES string of the molecule is CCOc1c(-c2ccc(CC)c3c2Cc2ccccc2-3)cc(Cl)c(C#N)c1Br. The summed E-state index contributed by atoms with van der Waals surface area (Å²) in [6, 6.07) is 17.0. The van der Waals surface area contributed by atoms with Crippen LogP contribution in [0.5, 0.6) is 5.75 Å². The average molecular weight is 453 g/mol. The minimum Gasteiger partial charge on any atom is -0.492 e. The zero-order valence-electron chi connectivity index (χ0n) is 15.8. The molecule has 1 aliphatic rings. The number of hydrogen-bond donors (Lipinski definition) is 0. The lowest BCUT2D eigenvalue weighted by atomic mass is 9.90. The zero-order chi connectivity index (χ0) is 19.8. The third kappa shape index (κ3) is 2.92. The lowest BCUT2D eigenvalue weighted by molar-refractivity contribution is 0.339. The number of ether oxygens (including phenoxy) is 1. The number of fused-ring (bicyclic) bond motifs is 3. The largest absolute Gasteiger partial charge is 0.492 e. The summed E-state index contributed by atoms with van der Waals surface area (Å²) >= 11 is 9.99. The van der Waals surface area contributed by atoms with E-state index in [0.717, 1.165) is 24.0 Å². The van der Waals surface area contributed by atoms with Crippen LogP contribution in [0.3, 0.4) is 0 Å². The van der Waals surface area contributed by atoms with E-state index in [2.05, 4.69) is 65.3 Å². The van der Waals surface area contributed by atoms with Crippen LogP contribution in [0.4, 0.5) is 0 Å². The minimum atomic E-state index is 0.402. The lowest BCUT2D eigenvalue weighted by Gasteiger charge is -2.18. The summed E-state index contributed by atoms with van der Waals surface area (Å²) in [4.78, 5) is 0. The maximum atomic E-state index is 9.47. The summed E-state index contributed by atoms with van der Waals surface area (Å²) in [6.07, 6.45) is 1.86. The molecule has 0 aromatic heterocycles. The highest BCUT2D eigenvalue weighted by Crippen LogP contribution is 2.48. The monoisotopic (exact) mass is 451 g/mol. The van der Waals surface area contributed by atoms with E-state index in [1.807, 2.05) is 13.0 Å². The van der Waals surface area contributed by atoms with Gasteiger partial charge in [-0.15, -0.1) is 0 Å². The van der Waals surface area contributed by atoms with E-state index in [4.69, 9.17) is 16.3 Å². The fourth-order valence-electron chi connectivity index (χ4n) is 4.06. The van der Waals surface area contributed by atoms with E-state index in [1.54, 1.807) is 0 Å². The van der Waals surface area contributed by atoms with Gasteiger partial charge in [0.25, 0.3) is 0 Å². The molecule has 28 heavy (non-hydrogen) atoms. The van der Waals surface area contributed by atoms with Gasteiger partial charge in [0.15, 0.2) is 0 Å². The summed E-state index contributed by atoms with van der Waals surface area (Å²) < 4.78 is 6.57. The molecular formula is C24H19BrClNO. The van der Waals surface area contributed by atoms with Gasteiger partial charge < -0.3 is 4.74 Å². The van der Waals surface area contributed by atoms with Gasteiger partial charge in [-0.05, 0) is 75.1 Å². The predicted molar refractivity (Wildman–Crippen MR) is 118 cm³/mol. The van der Waals surface area contributed by atoms with Gasteiger partial charge in [-0.3, -0.25) is 0 Å². The molecule has 0 aliphatic heterocycles. The first kappa shape index (κ1) is 19.1. The Hall–Kier alpha value is -2.28. The molecule has 0 spiro atoms. The molecule has 0 saturated carbocycles. The van der Waals surface area contributed by atoms with Gasteiger partial charge in [-0.1, -0.05) is 54.9 Å². The van der Waals surface area contributed by atoms with E-state index in [-0.39, 0.29) is 0 Å². The van der Waals surface area contributed by atoms with Crippen molar-refractivity contribution in [1.82, 2.24) is 0 Å². The van der Waals surface area contributed by atoms with Crippen LogP contribution in [-0.4, -0.2) is 6.61 Å². The van der Waals surface area contributed by atoms with Crippen molar-refractivity contribution in [3.05, 3.63) is 74.2 Å². The summed E-state index contributed by atoms with van der Waals surface area (Å²) in [5, 5.41) is 9.90. The van der Waals surface area contributed by atoms with Crippen LogP contribution in [0.2, 0.25) is 5.02 Å². The fraction of sp³-hybridized carbons (Fsp3) is 0.208. The number of nitrogens with zero attached hydrogens (tertiary/aromatic N) is 1. The molecule has 140 valence electrons. The van der Waals surface area contributed by atoms with Crippen molar-refractivity contribution in [2.75, 3.05) is 6.61 Å². The molecule has 0 saturated heterocycles. The minimum absolute atomic E-state index is 0.402.